The number of benzene rings is 3. The van der Waals surface area contributed by atoms with Crippen LogP contribution in [0.15, 0.2) is 78.9 Å². The van der Waals surface area contributed by atoms with Gasteiger partial charge in [-0.3, -0.25) is 0 Å². The summed E-state index contributed by atoms with van der Waals surface area (Å²) in [6, 6.07) is 25.1. The Morgan fingerprint density at radius 3 is 2.15 bits per heavy atom. The van der Waals surface area contributed by atoms with Gasteiger partial charge in [-0.2, -0.15) is 0 Å². The quantitative estimate of drug-likeness (QED) is 0.260. The highest BCUT2D eigenvalue weighted by molar-refractivity contribution is 5.98. The van der Waals surface area contributed by atoms with Crippen molar-refractivity contribution >= 4 is 17.1 Å². The molecular weight excluding hydrogens is 526 g/mol. The Kier molecular flexibility index (Phi) is 10.1. The molecule has 0 amide bonds. The molecule has 218 valence electrons. The first kappa shape index (κ1) is 30.2. The minimum absolute atomic E-state index is 0.295. The Bertz CT molecular complexity index is 1330. The van der Waals surface area contributed by atoms with Gasteiger partial charge in [-0.15, -0.1) is 0 Å². The van der Waals surface area contributed by atoms with Crippen molar-refractivity contribution in [3.05, 3.63) is 95.6 Å². The number of hydrogen-bond donors (Lipinski definition) is 4. The van der Waals surface area contributed by atoms with E-state index >= 15 is 0 Å². The van der Waals surface area contributed by atoms with Crippen molar-refractivity contribution in [3.63, 3.8) is 0 Å². The summed E-state index contributed by atoms with van der Waals surface area (Å²) in [6.07, 6.45) is -7.72. The molecule has 9 nitrogen and oxygen atoms in total. The van der Waals surface area contributed by atoms with Crippen LogP contribution in [-0.4, -0.2) is 89.2 Å². The molecule has 0 spiro atoms. The number of carboxylic acids is 1. The zero-order valence-electron chi connectivity index (χ0n) is 23.4. The van der Waals surface area contributed by atoms with Crippen LogP contribution in [0.4, 0.5) is 0 Å². The molecular formula is C32H37NO8. The summed E-state index contributed by atoms with van der Waals surface area (Å²) in [5, 5.41) is 40.0. The molecule has 3 aromatic carbocycles. The molecule has 1 fully saturated rings. The van der Waals surface area contributed by atoms with Crippen molar-refractivity contribution in [2.45, 2.75) is 44.1 Å². The summed E-state index contributed by atoms with van der Waals surface area (Å²) in [5.41, 5.74) is 4.91. The Labute approximate surface area is 239 Å². The molecule has 0 aliphatic carbocycles. The van der Waals surface area contributed by atoms with Crippen LogP contribution in [0.1, 0.15) is 30.0 Å². The monoisotopic (exact) mass is 563 g/mol. The maximum absolute atomic E-state index is 11.5. The molecule has 1 saturated heterocycles. The molecule has 1 aliphatic rings. The van der Waals surface area contributed by atoms with Gasteiger partial charge in [0.1, 0.15) is 36.4 Å². The van der Waals surface area contributed by atoms with E-state index < -0.39 is 36.7 Å². The van der Waals surface area contributed by atoms with Crippen LogP contribution < -0.4 is 9.47 Å². The number of allylic oxidation sites excluding steroid dienone is 1. The third-order valence-corrected chi connectivity index (χ3v) is 6.92. The maximum Gasteiger partial charge on any atom is 0.335 e. The van der Waals surface area contributed by atoms with Gasteiger partial charge in [0.2, 0.25) is 6.29 Å². The topological polar surface area (TPSA) is 129 Å². The number of hydrogen-bond acceptors (Lipinski definition) is 8. The van der Waals surface area contributed by atoms with E-state index in [1.807, 2.05) is 62.6 Å². The lowest BCUT2D eigenvalue weighted by molar-refractivity contribution is -0.271. The van der Waals surface area contributed by atoms with Gasteiger partial charge in [-0.1, -0.05) is 61.5 Å². The van der Waals surface area contributed by atoms with Crippen LogP contribution in [0.2, 0.25) is 0 Å². The van der Waals surface area contributed by atoms with Crippen LogP contribution in [-0.2, 0) is 9.53 Å². The number of likely N-dealkylation sites (N-methyl/N-ethyl adjacent to an activating group) is 1. The van der Waals surface area contributed by atoms with Gasteiger partial charge in [0.05, 0.1) is 0 Å². The minimum Gasteiger partial charge on any atom is -0.492 e. The molecule has 5 atom stereocenters. The van der Waals surface area contributed by atoms with E-state index in [-0.39, 0.29) is 0 Å². The SMILES string of the molecule is CC/C(=C(/c1ccc(OCCN(C)C)cc1)c1cccc(OC2OC(C(=O)O)C(O)C(O)C2O)c1)c1ccccc1. The van der Waals surface area contributed by atoms with Gasteiger partial charge in [0.15, 0.2) is 6.10 Å². The summed E-state index contributed by atoms with van der Waals surface area (Å²) < 4.78 is 17.0. The first-order chi connectivity index (χ1) is 19.7. The Morgan fingerprint density at radius 1 is 0.829 bits per heavy atom. The van der Waals surface area contributed by atoms with E-state index in [9.17, 15) is 25.2 Å². The van der Waals surface area contributed by atoms with E-state index in [0.29, 0.717) is 12.4 Å². The van der Waals surface area contributed by atoms with Crippen molar-refractivity contribution in [1.82, 2.24) is 4.90 Å². The van der Waals surface area contributed by atoms with E-state index in [2.05, 4.69) is 24.0 Å². The lowest BCUT2D eigenvalue weighted by Gasteiger charge is -2.38. The van der Waals surface area contributed by atoms with E-state index in [4.69, 9.17) is 14.2 Å². The summed E-state index contributed by atoms with van der Waals surface area (Å²) in [5.74, 6) is -0.411. The third kappa shape index (κ3) is 7.32. The summed E-state index contributed by atoms with van der Waals surface area (Å²) in [7, 11) is 3.99. The van der Waals surface area contributed by atoms with Crippen LogP contribution in [0.3, 0.4) is 0 Å². The van der Waals surface area contributed by atoms with Gasteiger partial charge in [0.25, 0.3) is 0 Å². The number of aliphatic hydroxyl groups excluding tert-OH is 3. The van der Waals surface area contributed by atoms with Crippen molar-refractivity contribution < 1.29 is 39.4 Å². The molecule has 5 unspecified atom stereocenters. The Morgan fingerprint density at radius 2 is 1.51 bits per heavy atom. The predicted molar refractivity (Wildman–Crippen MR) is 155 cm³/mol. The van der Waals surface area contributed by atoms with Crippen molar-refractivity contribution in [2.75, 3.05) is 27.2 Å². The van der Waals surface area contributed by atoms with Crippen LogP contribution in [0.5, 0.6) is 11.5 Å². The highest BCUT2D eigenvalue weighted by atomic mass is 16.7. The van der Waals surface area contributed by atoms with E-state index in [1.165, 1.54) is 0 Å². The number of ether oxygens (including phenoxy) is 3. The van der Waals surface area contributed by atoms with Gasteiger partial charge in [-0.05, 0) is 72.6 Å². The van der Waals surface area contributed by atoms with Crippen LogP contribution in [0, 0.1) is 0 Å². The van der Waals surface area contributed by atoms with Crippen LogP contribution >= 0.6 is 0 Å². The molecule has 0 aromatic heterocycles. The molecule has 41 heavy (non-hydrogen) atoms. The molecule has 9 heteroatoms. The van der Waals surface area contributed by atoms with E-state index in [1.54, 1.807) is 18.2 Å². The highest BCUT2D eigenvalue weighted by Gasteiger charge is 2.48. The number of carbonyl (C=O) groups is 1. The number of aliphatic carboxylic acids is 1. The van der Waals surface area contributed by atoms with Gasteiger partial charge < -0.3 is 39.5 Å². The number of nitrogens with zero attached hydrogens (tertiary/aromatic N) is 1. The lowest BCUT2D eigenvalue weighted by Crippen LogP contribution is -2.61. The fourth-order valence-corrected chi connectivity index (χ4v) is 4.75. The minimum atomic E-state index is -1.80. The van der Waals surface area contributed by atoms with Gasteiger partial charge in [-0.25, -0.2) is 4.79 Å². The molecule has 3 aromatic rings. The second-order valence-corrected chi connectivity index (χ2v) is 10.1. The average Bonchev–Trinajstić information content (AvgIpc) is 2.97. The summed E-state index contributed by atoms with van der Waals surface area (Å²) in [6.45, 7) is 3.46. The molecule has 1 aliphatic heterocycles. The summed E-state index contributed by atoms with van der Waals surface area (Å²) >= 11 is 0. The first-order valence-corrected chi connectivity index (χ1v) is 13.6. The third-order valence-electron chi connectivity index (χ3n) is 6.92. The Hall–Kier alpha value is -3.73. The first-order valence-electron chi connectivity index (χ1n) is 13.6. The van der Waals surface area contributed by atoms with Crippen LogP contribution in [0.25, 0.3) is 11.1 Å². The van der Waals surface area contributed by atoms with E-state index in [0.717, 1.165) is 46.6 Å². The largest absolute Gasteiger partial charge is 0.492 e. The molecule has 1 heterocycles. The van der Waals surface area contributed by atoms with Gasteiger partial charge in [0, 0.05) is 6.54 Å². The highest BCUT2D eigenvalue weighted by Crippen LogP contribution is 2.36. The smallest absolute Gasteiger partial charge is 0.335 e. The predicted octanol–water partition coefficient (Wildman–Crippen LogP) is 3.27. The Balaban J connectivity index is 1.70. The fraction of sp³-hybridized carbons (Fsp3) is 0.344. The molecule has 4 rings (SSSR count). The van der Waals surface area contributed by atoms with Crippen molar-refractivity contribution in [3.8, 4) is 11.5 Å². The zero-order valence-corrected chi connectivity index (χ0v) is 23.4. The molecule has 4 N–H and O–H groups in total. The summed E-state index contributed by atoms with van der Waals surface area (Å²) in [4.78, 5) is 13.6. The normalized spacial score (nSPS) is 23.1. The number of carboxylic acid groups (broad SMARTS) is 1. The number of rotatable bonds is 11. The molecule has 0 radical (unpaired) electrons. The average molecular weight is 564 g/mol. The standard InChI is InChI=1S/C32H37NO8/c1-4-25(20-9-6-5-7-10-20)26(21-13-15-23(16-14-21)39-18-17-33(2)3)22-11-8-12-24(19-22)40-32-29(36)27(34)28(35)30(41-32)31(37)38/h5-16,19,27-30,32,34-36H,4,17-18H2,1-3H3,(H,37,38)/b26-25+. The molecule has 0 bridgehead atoms. The maximum atomic E-state index is 11.5. The van der Waals surface area contributed by atoms with Gasteiger partial charge >= 0.3 is 5.97 Å². The fourth-order valence-electron chi connectivity index (χ4n) is 4.75. The second kappa shape index (κ2) is 13.8. The van der Waals surface area contributed by atoms with Crippen molar-refractivity contribution in [2.24, 2.45) is 0 Å². The molecule has 0 saturated carbocycles. The van der Waals surface area contributed by atoms with Crippen molar-refractivity contribution in [1.29, 1.82) is 0 Å². The lowest BCUT2D eigenvalue weighted by atomic mass is 9.88. The second-order valence-electron chi connectivity index (χ2n) is 10.1. The number of aliphatic hydroxyl groups is 3. The zero-order chi connectivity index (χ0) is 29.5.